The van der Waals surface area contributed by atoms with E-state index in [9.17, 15) is 0 Å². The first-order valence-corrected chi connectivity index (χ1v) is 6.39. The topological polar surface area (TPSA) is 18.5 Å². The van der Waals surface area contributed by atoms with Gasteiger partial charge in [-0.05, 0) is 32.8 Å². The van der Waals surface area contributed by atoms with Crippen LogP contribution in [0.25, 0.3) is 10.8 Å². The van der Waals surface area contributed by atoms with Gasteiger partial charge in [0.15, 0.2) is 0 Å². The maximum Gasteiger partial charge on any atom is 0.205 e. The van der Waals surface area contributed by atoms with Crippen molar-refractivity contribution in [3.8, 4) is 5.75 Å². The summed E-state index contributed by atoms with van der Waals surface area (Å²) in [6.45, 7) is 4.45. The molecule has 0 bridgehead atoms. The van der Waals surface area contributed by atoms with Crippen molar-refractivity contribution < 1.29 is 9.47 Å². The fourth-order valence-corrected chi connectivity index (χ4v) is 2.78. The summed E-state index contributed by atoms with van der Waals surface area (Å²) >= 11 is 3.64. The van der Waals surface area contributed by atoms with Crippen LogP contribution in [0.3, 0.4) is 0 Å². The summed E-state index contributed by atoms with van der Waals surface area (Å²) in [6, 6.07) is 10.4. The molecule has 1 aliphatic rings. The molecule has 0 spiro atoms. The minimum atomic E-state index is -0.558. The van der Waals surface area contributed by atoms with Gasteiger partial charge in [-0.2, -0.15) is 0 Å². The molecule has 0 N–H and O–H groups in total. The number of benzene rings is 2. The van der Waals surface area contributed by atoms with Gasteiger partial charge in [0.05, 0.1) is 11.1 Å². The molecule has 0 radical (unpaired) electrons. The molecule has 3 heteroatoms. The van der Waals surface area contributed by atoms with E-state index in [-0.39, 0.29) is 0 Å². The third-order valence-corrected chi connectivity index (χ3v) is 3.73. The number of rotatable bonds is 0. The SMILES string of the molecule is CC1(C)OCc2cc3ccccc3c(Br)c2O1. The van der Waals surface area contributed by atoms with Crippen LogP contribution in [0.15, 0.2) is 34.8 Å². The molecule has 2 nitrogen and oxygen atoms in total. The van der Waals surface area contributed by atoms with Crippen molar-refractivity contribution in [3.63, 3.8) is 0 Å². The van der Waals surface area contributed by atoms with E-state index in [0.717, 1.165) is 15.8 Å². The first kappa shape index (κ1) is 11.1. The lowest BCUT2D eigenvalue weighted by atomic mass is 10.1. The van der Waals surface area contributed by atoms with Crippen LogP contribution in [0, 0.1) is 0 Å². The smallest absolute Gasteiger partial charge is 0.205 e. The highest BCUT2D eigenvalue weighted by atomic mass is 79.9. The van der Waals surface area contributed by atoms with Crippen LogP contribution < -0.4 is 4.74 Å². The van der Waals surface area contributed by atoms with Gasteiger partial charge < -0.3 is 9.47 Å². The highest BCUT2D eigenvalue weighted by Gasteiger charge is 2.29. The molecule has 2 aromatic carbocycles. The third-order valence-electron chi connectivity index (χ3n) is 2.94. The normalized spacial score (nSPS) is 17.6. The Morgan fingerprint density at radius 3 is 2.82 bits per heavy atom. The van der Waals surface area contributed by atoms with E-state index in [2.05, 4.69) is 34.1 Å². The molecule has 0 saturated carbocycles. The van der Waals surface area contributed by atoms with Crippen molar-refractivity contribution in [1.29, 1.82) is 0 Å². The zero-order valence-corrected chi connectivity index (χ0v) is 11.4. The molecule has 0 fully saturated rings. The van der Waals surface area contributed by atoms with Gasteiger partial charge in [0.2, 0.25) is 5.79 Å². The largest absolute Gasteiger partial charge is 0.461 e. The maximum atomic E-state index is 5.89. The molecule has 0 saturated heterocycles. The Kier molecular flexibility index (Phi) is 2.42. The Labute approximate surface area is 109 Å². The van der Waals surface area contributed by atoms with Gasteiger partial charge in [-0.3, -0.25) is 0 Å². The molecule has 2 aromatic rings. The summed E-state index contributed by atoms with van der Waals surface area (Å²) in [5.41, 5.74) is 1.09. The van der Waals surface area contributed by atoms with E-state index in [0.29, 0.717) is 6.61 Å². The molecule has 3 rings (SSSR count). The lowest BCUT2D eigenvalue weighted by Crippen LogP contribution is -2.35. The van der Waals surface area contributed by atoms with Crippen LogP contribution in [-0.2, 0) is 11.3 Å². The Balaban J connectivity index is 2.26. The fourth-order valence-electron chi connectivity index (χ4n) is 2.08. The second-order valence-corrected chi connectivity index (χ2v) is 5.48. The van der Waals surface area contributed by atoms with Gasteiger partial charge in [-0.15, -0.1) is 0 Å². The predicted molar refractivity (Wildman–Crippen MR) is 71.1 cm³/mol. The van der Waals surface area contributed by atoms with E-state index >= 15 is 0 Å². The molecule has 17 heavy (non-hydrogen) atoms. The van der Waals surface area contributed by atoms with Crippen molar-refractivity contribution in [2.45, 2.75) is 26.2 Å². The van der Waals surface area contributed by atoms with Crippen LogP contribution in [-0.4, -0.2) is 5.79 Å². The van der Waals surface area contributed by atoms with Crippen LogP contribution in [0.2, 0.25) is 0 Å². The van der Waals surface area contributed by atoms with Gasteiger partial charge in [0.25, 0.3) is 0 Å². The van der Waals surface area contributed by atoms with E-state index in [1.165, 1.54) is 10.8 Å². The molecule has 0 aromatic heterocycles. The van der Waals surface area contributed by atoms with E-state index in [1.807, 2.05) is 26.0 Å². The zero-order chi connectivity index (χ0) is 12.0. The quantitative estimate of drug-likeness (QED) is 0.723. The van der Waals surface area contributed by atoms with Crippen LogP contribution >= 0.6 is 15.9 Å². The van der Waals surface area contributed by atoms with Crippen LogP contribution in [0.4, 0.5) is 0 Å². The van der Waals surface area contributed by atoms with Crippen molar-refractivity contribution in [1.82, 2.24) is 0 Å². The number of fused-ring (bicyclic) bond motifs is 2. The average Bonchev–Trinajstić information content (AvgIpc) is 2.30. The monoisotopic (exact) mass is 292 g/mol. The summed E-state index contributed by atoms with van der Waals surface area (Å²) in [4.78, 5) is 0. The fraction of sp³-hybridized carbons (Fsp3) is 0.286. The van der Waals surface area contributed by atoms with E-state index in [1.54, 1.807) is 0 Å². The Morgan fingerprint density at radius 1 is 1.24 bits per heavy atom. The van der Waals surface area contributed by atoms with Crippen molar-refractivity contribution in [2.75, 3.05) is 0 Å². The first-order valence-electron chi connectivity index (χ1n) is 5.60. The minimum Gasteiger partial charge on any atom is -0.461 e. The number of ether oxygens (including phenoxy) is 2. The Morgan fingerprint density at radius 2 is 2.00 bits per heavy atom. The molecule has 0 amide bonds. The van der Waals surface area contributed by atoms with Gasteiger partial charge in [-0.1, -0.05) is 24.3 Å². The standard InChI is InChI=1S/C14H13BrO2/c1-14(2)16-8-10-7-9-5-3-4-6-11(9)12(15)13(10)17-14/h3-7H,8H2,1-2H3. The van der Waals surface area contributed by atoms with Crippen molar-refractivity contribution >= 4 is 26.7 Å². The maximum absolute atomic E-state index is 5.89. The molecule has 0 atom stereocenters. The third kappa shape index (κ3) is 1.83. The number of halogens is 1. The number of hydrogen-bond acceptors (Lipinski definition) is 2. The van der Waals surface area contributed by atoms with Gasteiger partial charge >= 0.3 is 0 Å². The van der Waals surface area contributed by atoms with Gasteiger partial charge in [0, 0.05) is 19.4 Å². The average molecular weight is 293 g/mol. The molecular formula is C14H13BrO2. The number of hydrogen-bond donors (Lipinski definition) is 0. The Hall–Kier alpha value is -1.06. The zero-order valence-electron chi connectivity index (χ0n) is 9.79. The summed E-state index contributed by atoms with van der Waals surface area (Å²) in [6.07, 6.45) is 0. The lowest BCUT2D eigenvalue weighted by Gasteiger charge is -2.33. The molecule has 0 unspecified atom stereocenters. The Bertz CT molecular complexity index is 590. The molecule has 0 aliphatic carbocycles. The molecule has 1 heterocycles. The lowest BCUT2D eigenvalue weighted by molar-refractivity contribution is -0.180. The predicted octanol–water partition coefficient (Wildman–Crippen LogP) is 4.25. The first-order chi connectivity index (χ1) is 8.07. The van der Waals surface area contributed by atoms with Crippen LogP contribution in [0.1, 0.15) is 19.4 Å². The van der Waals surface area contributed by atoms with E-state index in [4.69, 9.17) is 9.47 Å². The van der Waals surface area contributed by atoms with E-state index < -0.39 is 5.79 Å². The summed E-state index contributed by atoms with van der Waals surface area (Å²) < 4.78 is 12.6. The second-order valence-electron chi connectivity index (χ2n) is 4.69. The highest BCUT2D eigenvalue weighted by Crippen LogP contribution is 2.41. The highest BCUT2D eigenvalue weighted by molar-refractivity contribution is 9.10. The molecule has 88 valence electrons. The summed E-state index contributed by atoms with van der Waals surface area (Å²) in [5, 5.41) is 2.37. The minimum absolute atomic E-state index is 0.558. The molecule has 1 aliphatic heterocycles. The van der Waals surface area contributed by atoms with Gasteiger partial charge in [0.1, 0.15) is 5.75 Å². The van der Waals surface area contributed by atoms with Crippen molar-refractivity contribution in [2.24, 2.45) is 0 Å². The summed E-state index contributed by atoms with van der Waals surface area (Å²) in [7, 11) is 0. The van der Waals surface area contributed by atoms with Crippen LogP contribution in [0.5, 0.6) is 5.75 Å². The molecular weight excluding hydrogens is 280 g/mol. The second kappa shape index (κ2) is 3.72. The summed E-state index contributed by atoms with van der Waals surface area (Å²) in [5.74, 6) is 0.345. The van der Waals surface area contributed by atoms with Crippen molar-refractivity contribution in [3.05, 3.63) is 40.4 Å². The van der Waals surface area contributed by atoms with Gasteiger partial charge in [-0.25, -0.2) is 0 Å².